The minimum absolute atomic E-state index is 0.531. The second-order valence-electron chi connectivity index (χ2n) is 6.20. The lowest BCUT2D eigenvalue weighted by atomic mass is 9.96. The largest absolute Gasteiger partial charge is 0.496 e. The van der Waals surface area contributed by atoms with Gasteiger partial charge in [-0.05, 0) is 58.0 Å². The van der Waals surface area contributed by atoms with E-state index in [1.54, 1.807) is 14.0 Å². The van der Waals surface area contributed by atoms with Crippen LogP contribution in [-0.4, -0.2) is 50.8 Å². The zero-order chi connectivity index (χ0) is 15.4. The van der Waals surface area contributed by atoms with Gasteiger partial charge in [-0.2, -0.15) is 0 Å². The summed E-state index contributed by atoms with van der Waals surface area (Å²) < 4.78 is 5.41. The Balaban J connectivity index is 2.13. The third-order valence-electron chi connectivity index (χ3n) is 4.46. The van der Waals surface area contributed by atoms with Gasteiger partial charge in [-0.15, -0.1) is 0 Å². The van der Waals surface area contributed by atoms with E-state index < -0.39 is 6.10 Å². The summed E-state index contributed by atoms with van der Waals surface area (Å²) >= 11 is 0. The van der Waals surface area contributed by atoms with Crippen LogP contribution in [0.15, 0.2) is 18.2 Å². The highest BCUT2D eigenvalue weighted by Gasteiger charge is 2.21. The molecular formula is C17H28N2O2. The summed E-state index contributed by atoms with van der Waals surface area (Å²) in [5.74, 6) is 1.48. The van der Waals surface area contributed by atoms with Crippen molar-refractivity contribution in [3.8, 4) is 5.75 Å². The van der Waals surface area contributed by atoms with Gasteiger partial charge in [0.1, 0.15) is 5.75 Å². The highest BCUT2D eigenvalue weighted by molar-refractivity contribution is 5.60. The summed E-state index contributed by atoms with van der Waals surface area (Å²) in [6.07, 6.45) is 1.96. The number of likely N-dealkylation sites (tertiary alicyclic amines) is 1. The normalized spacial score (nSPS) is 18.5. The maximum atomic E-state index is 10.1. The number of anilines is 1. The molecular weight excluding hydrogens is 264 g/mol. The second-order valence-corrected chi connectivity index (χ2v) is 6.20. The number of nitrogens with zero attached hydrogens (tertiary/aromatic N) is 2. The van der Waals surface area contributed by atoms with E-state index in [4.69, 9.17) is 4.74 Å². The number of methoxy groups -OCH3 is 1. The van der Waals surface area contributed by atoms with Gasteiger partial charge in [-0.25, -0.2) is 0 Å². The molecule has 1 aliphatic heterocycles. The number of rotatable bonds is 5. The first kappa shape index (κ1) is 16.1. The van der Waals surface area contributed by atoms with Crippen molar-refractivity contribution in [2.45, 2.75) is 25.9 Å². The van der Waals surface area contributed by atoms with Gasteiger partial charge in [-0.1, -0.05) is 6.07 Å². The van der Waals surface area contributed by atoms with E-state index in [9.17, 15) is 5.11 Å². The number of piperidine rings is 1. The van der Waals surface area contributed by atoms with E-state index >= 15 is 0 Å². The Bertz CT molecular complexity index is 454. The van der Waals surface area contributed by atoms with E-state index in [-0.39, 0.29) is 0 Å². The van der Waals surface area contributed by atoms with E-state index in [1.807, 2.05) is 12.1 Å². The van der Waals surface area contributed by atoms with E-state index in [0.717, 1.165) is 29.5 Å². The van der Waals surface area contributed by atoms with Crippen molar-refractivity contribution in [1.82, 2.24) is 4.90 Å². The fraction of sp³-hybridized carbons (Fsp3) is 0.647. The highest BCUT2D eigenvalue weighted by Crippen LogP contribution is 2.34. The van der Waals surface area contributed by atoms with Gasteiger partial charge in [0.2, 0.25) is 0 Å². The lowest BCUT2D eigenvalue weighted by Crippen LogP contribution is -2.36. The third-order valence-corrected chi connectivity index (χ3v) is 4.46. The summed E-state index contributed by atoms with van der Waals surface area (Å²) in [6, 6.07) is 5.97. The van der Waals surface area contributed by atoms with E-state index in [2.05, 4.69) is 30.0 Å². The fourth-order valence-corrected chi connectivity index (χ4v) is 3.19. The van der Waals surface area contributed by atoms with Crippen molar-refractivity contribution in [2.75, 3.05) is 45.7 Å². The van der Waals surface area contributed by atoms with Crippen molar-refractivity contribution in [3.63, 3.8) is 0 Å². The van der Waals surface area contributed by atoms with Crippen LogP contribution in [0.2, 0.25) is 0 Å². The van der Waals surface area contributed by atoms with Crippen LogP contribution in [0.25, 0.3) is 0 Å². The Morgan fingerprint density at radius 1 is 1.38 bits per heavy atom. The summed E-state index contributed by atoms with van der Waals surface area (Å²) in [5.41, 5.74) is 1.96. The van der Waals surface area contributed by atoms with Gasteiger partial charge in [0.05, 0.1) is 13.2 Å². The Kier molecular flexibility index (Phi) is 5.48. The predicted molar refractivity (Wildman–Crippen MR) is 87.1 cm³/mol. The first-order valence-electron chi connectivity index (χ1n) is 7.77. The third kappa shape index (κ3) is 3.89. The summed E-state index contributed by atoms with van der Waals surface area (Å²) in [4.78, 5) is 4.66. The lowest BCUT2D eigenvalue weighted by molar-refractivity contribution is 0.194. The molecule has 4 heteroatoms. The van der Waals surface area contributed by atoms with Gasteiger partial charge in [0.15, 0.2) is 0 Å². The number of hydrogen-bond donors (Lipinski definition) is 1. The average molecular weight is 292 g/mol. The second kappa shape index (κ2) is 7.14. The van der Waals surface area contributed by atoms with Crippen LogP contribution in [0.5, 0.6) is 5.75 Å². The Hall–Kier alpha value is -1.26. The molecule has 0 radical (unpaired) electrons. The molecule has 0 saturated carbocycles. The summed E-state index contributed by atoms with van der Waals surface area (Å²) in [6.45, 7) is 5.19. The topological polar surface area (TPSA) is 35.9 Å². The molecule has 1 heterocycles. The number of aliphatic hydroxyl groups excluding tert-OH is 1. The molecule has 0 aliphatic carbocycles. The highest BCUT2D eigenvalue weighted by atomic mass is 16.5. The molecule has 1 aliphatic rings. The van der Waals surface area contributed by atoms with Crippen molar-refractivity contribution in [2.24, 2.45) is 5.92 Å². The molecule has 0 aromatic heterocycles. The molecule has 0 bridgehead atoms. The Morgan fingerprint density at radius 2 is 2.05 bits per heavy atom. The standard InChI is InChI=1S/C17H28N2O2/c1-13(20)17-15(6-5-7-16(17)21-4)19(3)12-14-8-10-18(2)11-9-14/h5-7,13-14,20H,8-12H2,1-4H3/t13-/m1/s1. The first-order chi connectivity index (χ1) is 10.0. The zero-order valence-electron chi connectivity index (χ0n) is 13.7. The molecule has 1 N–H and O–H groups in total. The maximum Gasteiger partial charge on any atom is 0.126 e. The molecule has 0 amide bonds. The van der Waals surface area contributed by atoms with Crippen LogP contribution in [0.3, 0.4) is 0 Å². The van der Waals surface area contributed by atoms with Gasteiger partial charge in [-0.3, -0.25) is 0 Å². The van der Waals surface area contributed by atoms with Crippen molar-refractivity contribution in [3.05, 3.63) is 23.8 Å². The monoisotopic (exact) mass is 292 g/mol. The zero-order valence-corrected chi connectivity index (χ0v) is 13.7. The molecule has 118 valence electrons. The quantitative estimate of drug-likeness (QED) is 0.904. The van der Waals surface area contributed by atoms with Crippen LogP contribution in [0.1, 0.15) is 31.4 Å². The molecule has 4 nitrogen and oxygen atoms in total. The summed E-state index contributed by atoms with van der Waals surface area (Å²) in [7, 11) is 5.95. The Labute approximate surface area is 128 Å². The molecule has 2 rings (SSSR count). The molecule has 1 saturated heterocycles. The van der Waals surface area contributed by atoms with Crippen molar-refractivity contribution in [1.29, 1.82) is 0 Å². The lowest BCUT2D eigenvalue weighted by Gasteiger charge is -2.33. The SMILES string of the molecule is COc1cccc(N(C)CC2CCN(C)CC2)c1[C@@H](C)O. The fourth-order valence-electron chi connectivity index (χ4n) is 3.19. The average Bonchev–Trinajstić information content (AvgIpc) is 2.48. The summed E-state index contributed by atoms with van der Waals surface area (Å²) in [5, 5.41) is 10.1. The first-order valence-corrected chi connectivity index (χ1v) is 7.77. The minimum atomic E-state index is -0.531. The number of aliphatic hydroxyl groups is 1. The van der Waals surface area contributed by atoms with Gasteiger partial charge < -0.3 is 19.6 Å². The number of benzene rings is 1. The van der Waals surface area contributed by atoms with Gasteiger partial charge in [0.25, 0.3) is 0 Å². The molecule has 1 aromatic carbocycles. The van der Waals surface area contributed by atoms with Crippen molar-refractivity contribution < 1.29 is 9.84 Å². The van der Waals surface area contributed by atoms with Crippen LogP contribution in [0, 0.1) is 5.92 Å². The molecule has 0 spiro atoms. The van der Waals surface area contributed by atoms with Crippen LogP contribution < -0.4 is 9.64 Å². The molecule has 1 aromatic rings. The molecule has 0 unspecified atom stereocenters. The smallest absolute Gasteiger partial charge is 0.126 e. The van der Waals surface area contributed by atoms with Crippen molar-refractivity contribution >= 4 is 5.69 Å². The number of ether oxygens (including phenoxy) is 1. The van der Waals surface area contributed by atoms with Crippen LogP contribution >= 0.6 is 0 Å². The van der Waals surface area contributed by atoms with E-state index in [1.165, 1.54) is 25.9 Å². The molecule has 1 atom stereocenters. The minimum Gasteiger partial charge on any atom is -0.496 e. The Morgan fingerprint density at radius 3 is 2.62 bits per heavy atom. The van der Waals surface area contributed by atoms with Crippen LogP contribution in [-0.2, 0) is 0 Å². The van der Waals surface area contributed by atoms with Gasteiger partial charge >= 0.3 is 0 Å². The molecule has 21 heavy (non-hydrogen) atoms. The molecule has 1 fully saturated rings. The van der Waals surface area contributed by atoms with Gasteiger partial charge in [0, 0.05) is 24.8 Å². The predicted octanol–water partition coefficient (Wildman–Crippen LogP) is 2.53. The van der Waals surface area contributed by atoms with E-state index in [0.29, 0.717) is 0 Å². The maximum absolute atomic E-state index is 10.1. The van der Waals surface area contributed by atoms with Crippen LogP contribution in [0.4, 0.5) is 5.69 Å². The number of hydrogen-bond acceptors (Lipinski definition) is 4.